The van der Waals surface area contributed by atoms with Crippen LogP contribution in [0.2, 0.25) is 0 Å². The fraction of sp³-hybridized carbons (Fsp3) is 0.556. The summed E-state index contributed by atoms with van der Waals surface area (Å²) in [5.74, 6) is 0.842. The molecule has 2 amide bonds. The van der Waals surface area contributed by atoms with E-state index in [1.165, 1.54) is 0 Å². The van der Waals surface area contributed by atoms with Gasteiger partial charge in [0.25, 0.3) is 0 Å². The lowest BCUT2D eigenvalue weighted by atomic mass is 9.88. The SMILES string of the molecule is CC(C(=O)NCc1ccccc1CN1CCCC1=O)C1CNC1. The van der Waals surface area contributed by atoms with Gasteiger partial charge in [-0.15, -0.1) is 0 Å². The number of nitrogens with one attached hydrogen (secondary N) is 2. The predicted molar refractivity (Wildman–Crippen MR) is 88.5 cm³/mol. The van der Waals surface area contributed by atoms with Crippen LogP contribution in [-0.2, 0) is 22.7 Å². The largest absolute Gasteiger partial charge is 0.352 e. The van der Waals surface area contributed by atoms with Crippen molar-refractivity contribution >= 4 is 11.8 Å². The van der Waals surface area contributed by atoms with Crippen molar-refractivity contribution in [3.8, 4) is 0 Å². The van der Waals surface area contributed by atoms with Gasteiger partial charge in [0.15, 0.2) is 0 Å². The van der Waals surface area contributed by atoms with E-state index in [4.69, 9.17) is 0 Å². The van der Waals surface area contributed by atoms with Crippen molar-refractivity contribution in [3.63, 3.8) is 0 Å². The number of nitrogens with zero attached hydrogens (tertiary/aromatic N) is 1. The van der Waals surface area contributed by atoms with E-state index < -0.39 is 0 Å². The van der Waals surface area contributed by atoms with Crippen LogP contribution in [0.1, 0.15) is 30.9 Å². The van der Waals surface area contributed by atoms with Crippen LogP contribution in [-0.4, -0.2) is 36.3 Å². The van der Waals surface area contributed by atoms with Crippen molar-refractivity contribution in [1.82, 2.24) is 15.5 Å². The summed E-state index contributed by atoms with van der Waals surface area (Å²) >= 11 is 0. The number of likely N-dealkylation sites (tertiary alicyclic amines) is 1. The number of benzene rings is 1. The molecule has 1 atom stereocenters. The van der Waals surface area contributed by atoms with Crippen LogP contribution in [0, 0.1) is 11.8 Å². The molecular formula is C18H25N3O2. The zero-order chi connectivity index (χ0) is 16.2. The fourth-order valence-electron chi connectivity index (χ4n) is 3.18. The summed E-state index contributed by atoms with van der Waals surface area (Å²) in [5.41, 5.74) is 2.22. The highest BCUT2D eigenvalue weighted by Crippen LogP contribution is 2.18. The Morgan fingerprint density at radius 3 is 2.70 bits per heavy atom. The Balaban J connectivity index is 1.59. The molecule has 5 heteroatoms. The van der Waals surface area contributed by atoms with Crippen LogP contribution in [0.4, 0.5) is 0 Å². The van der Waals surface area contributed by atoms with Gasteiger partial charge in [0.2, 0.25) is 11.8 Å². The molecule has 2 saturated heterocycles. The molecular weight excluding hydrogens is 290 g/mol. The molecule has 2 aliphatic rings. The molecule has 124 valence electrons. The molecule has 2 fully saturated rings. The Labute approximate surface area is 137 Å². The van der Waals surface area contributed by atoms with Crippen molar-refractivity contribution in [2.75, 3.05) is 19.6 Å². The van der Waals surface area contributed by atoms with Crippen LogP contribution < -0.4 is 10.6 Å². The Bertz CT molecular complexity index is 583. The molecule has 0 aromatic heterocycles. The van der Waals surface area contributed by atoms with Gasteiger partial charge in [0.05, 0.1) is 0 Å². The Morgan fingerprint density at radius 2 is 2.09 bits per heavy atom. The molecule has 0 radical (unpaired) electrons. The van der Waals surface area contributed by atoms with Gasteiger partial charge in [-0.2, -0.15) is 0 Å². The Kier molecular flexibility index (Phi) is 4.96. The quantitative estimate of drug-likeness (QED) is 0.831. The second-order valence-electron chi connectivity index (χ2n) is 6.61. The van der Waals surface area contributed by atoms with Crippen LogP contribution in [0.15, 0.2) is 24.3 Å². The highest BCUT2D eigenvalue weighted by molar-refractivity contribution is 5.79. The monoisotopic (exact) mass is 315 g/mol. The molecule has 2 N–H and O–H groups in total. The maximum atomic E-state index is 12.3. The summed E-state index contributed by atoms with van der Waals surface area (Å²) in [6, 6.07) is 8.05. The average Bonchev–Trinajstić information content (AvgIpc) is 2.89. The first-order valence-corrected chi connectivity index (χ1v) is 8.48. The normalized spacial score (nSPS) is 19.5. The first-order valence-electron chi connectivity index (χ1n) is 8.48. The van der Waals surface area contributed by atoms with Gasteiger partial charge in [-0.3, -0.25) is 9.59 Å². The lowest BCUT2D eigenvalue weighted by molar-refractivity contribution is -0.128. The maximum Gasteiger partial charge on any atom is 0.223 e. The van der Waals surface area contributed by atoms with E-state index in [9.17, 15) is 9.59 Å². The molecule has 2 heterocycles. The minimum absolute atomic E-state index is 0.0450. The Hall–Kier alpha value is -1.88. The molecule has 0 spiro atoms. The molecule has 23 heavy (non-hydrogen) atoms. The van der Waals surface area contributed by atoms with Crippen molar-refractivity contribution in [2.45, 2.75) is 32.9 Å². The smallest absolute Gasteiger partial charge is 0.223 e. The second-order valence-corrected chi connectivity index (χ2v) is 6.61. The summed E-state index contributed by atoms with van der Waals surface area (Å²) in [6.07, 6.45) is 1.61. The third-order valence-electron chi connectivity index (χ3n) is 5.04. The number of hydrogen-bond acceptors (Lipinski definition) is 3. The molecule has 2 aliphatic heterocycles. The molecule has 1 aromatic carbocycles. The molecule has 3 rings (SSSR count). The van der Waals surface area contributed by atoms with E-state index in [2.05, 4.69) is 10.6 Å². The molecule has 1 unspecified atom stereocenters. The van der Waals surface area contributed by atoms with Gasteiger partial charge in [-0.05, 0) is 36.6 Å². The molecule has 0 aliphatic carbocycles. The van der Waals surface area contributed by atoms with Crippen LogP contribution in [0.3, 0.4) is 0 Å². The van der Waals surface area contributed by atoms with Gasteiger partial charge in [-0.25, -0.2) is 0 Å². The van der Waals surface area contributed by atoms with Crippen molar-refractivity contribution in [2.24, 2.45) is 11.8 Å². The third-order valence-corrected chi connectivity index (χ3v) is 5.04. The van der Waals surface area contributed by atoms with Crippen LogP contribution >= 0.6 is 0 Å². The van der Waals surface area contributed by atoms with Gasteiger partial charge >= 0.3 is 0 Å². The van der Waals surface area contributed by atoms with E-state index >= 15 is 0 Å². The fourth-order valence-corrected chi connectivity index (χ4v) is 3.18. The lowest BCUT2D eigenvalue weighted by Gasteiger charge is -2.31. The van der Waals surface area contributed by atoms with E-state index in [1.54, 1.807) is 0 Å². The minimum atomic E-state index is 0.0450. The first kappa shape index (κ1) is 16.0. The van der Waals surface area contributed by atoms with Gasteiger partial charge in [0.1, 0.15) is 0 Å². The summed E-state index contributed by atoms with van der Waals surface area (Å²) in [5, 5.41) is 6.26. The Morgan fingerprint density at radius 1 is 1.35 bits per heavy atom. The number of carbonyl (C=O) groups excluding carboxylic acids is 2. The number of hydrogen-bond donors (Lipinski definition) is 2. The van der Waals surface area contributed by atoms with Crippen molar-refractivity contribution < 1.29 is 9.59 Å². The summed E-state index contributed by atoms with van der Waals surface area (Å²) in [4.78, 5) is 26.0. The van der Waals surface area contributed by atoms with Gasteiger partial charge < -0.3 is 15.5 Å². The van der Waals surface area contributed by atoms with E-state index in [0.29, 0.717) is 25.4 Å². The predicted octanol–water partition coefficient (Wildman–Crippen LogP) is 1.28. The number of rotatable bonds is 6. The number of amides is 2. The van der Waals surface area contributed by atoms with E-state index in [1.807, 2.05) is 36.1 Å². The molecule has 1 aromatic rings. The van der Waals surface area contributed by atoms with Crippen molar-refractivity contribution in [1.29, 1.82) is 0 Å². The van der Waals surface area contributed by atoms with Crippen LogP contribution in [0.25, 0.3) is 0 Å². The van der Waals surface area contributed by atoms with E-state index in [0.717, 1.165) is 37.2 Å². The average molecular weight is 315 g/mol. The van der Waals surface area contributed by atoms with Crippen LogP contribution in [0.5, 0.6) is 0 Å². The van der Waals surface area contributed by atoms with Crippen molar-refractivity contribution in [3.05, 3.63) is 35.4 Å². The number of carbonyl (C=O) groups is 2. The first-order chi connectivity index (χ1) is 11.1. The third kappa shape index (κ3) is 3.72. The summed E-state index contributed by atoms with van der Waals surface area (Å²) in [7, 11) is 0. The van der Waals surface area contributed by atoms with Gasteiger partial charge in [0, 0.05) is 32.0 Å². The summed E-state index contributed by atoms with van der Waals surface area (Å²) < 4.78 is 0. The maximum absolute atomic E-state index is 12.3. The minimum Gasteiger partial charge on any atom is -0.352 e. The topological polar surface area (TPSA) is 61.4 Å². The highest BCUT2D eigenvalue weighted by atomic mass is 16.2. The van der Waals surface area contributed by atoms with E-state index in [-0.39, 0.29) is 17.7 Å². The highest BCUT2D eigenvalue weighted by Gasteiger charge is 2.28. The molecule has 5 nitrogen and oxygen atoms in total. The standard InChI is InChI=1S/C18H25N3O2/c1-13(16-9-19-10-16)18(23)20-11-14-5-2-3-6-15(14)12-21-8-4-7-17(21)22/h2-3,5-6,13,16,19H,4,7-12H2,1H3,(H,20,23). The second kappa shape index (κ2) is 7.13. The lowest BCUT2D eigenvalue weighted by Crippen LogP contribution is -2.49. The zero-order valence-corrected chi connectivity index (χ0v) is 13.7. The molecule has 0 bridgehead atoms. The molecule has 0 saturated carbocycles. The zero-order valence-electron chi connectivity index (χ0n) is 13.7. The van der Waals surface area contributed by atoms with Gasteiger partial charge in [-0.1, -0.05) is 31.2 Å². The summed E-state index contributed by atoms with van der Waals surface area (Å²) in [6.45, 7) is 5.87.